The highest BCUT2D eigenvalue weighted by Gasteiger charge is 2.51. The molecule has 3 nitrogen and oxygen atoms in total. The normalized spacial score (nSPS) is 14.2. The maximum absolute atomic E-state index is 6.57. The Morgan fingerprint density at radius 1 is 0.460 bits per heavy atom. The van der Waals surface area contributed by atoms with E-state index < -0.39 is 5.41 Å². The molecule has 1 spiro atoms. The van der Waals surface area contributed by atoms with Crippen LogP contribution in [0.4, 0.5) is 0 Å². The predicted octanol–water partition coefficient (Wildman–Crippen LogP) is 11.2. The molecule has 0 bridgehead atoms. The van der Waals surface area contributed by atoms with Gasteiger partial charge in [-0.3, -0.25) is 0 Å². The molecule has 0 amide bonds. The summed E-state index contributed by atoms with van der Waals surface area (Å²) < 4.78 is 6.57. The van der Waals surface area contributed by atoms with Gasteiger partial charge in [-0.25, -0.2) is 9.97 Å². The zero-order valence-corrected chi connectivity index (χ0v) is 27.2. The highest BCUT2D eigenvalue weighted by molar-refractivity contribution is 6.02. The molecular weight excluding hydrogens is 609 g/mol. The summed E-state index contributed by atoms with van der Waals surface area (Å²) in [6.45, 7) is 0. The third-order valence-corrected chi connectivity index (χ3v) is 11.1. The highest BCUT2D eigenvalue weighted by Crippen LogP contribution is 2.63. The third-order valence-electron chi connectivity index (χ3n) is 11.1. The molecule has 0 fully saturated rings. The second kappa shape index (κ2) is 10.3. The lowest BCUT2D eigenvalue weighted by atomic mass is 9.66. The van der Waals surface area contributed by atoms with Crippen molar-refractivity contribution in [2.75, 3.05) is 0 Å². The molecule has 2 aliphatic carbocycles. The lowest BCUT2D eigenvalue weighted by Gasteiger charge is -2.39. The summed E-state index contributed by atoms with van der Waals surface area (Å²) in [5, 5.41) is 2.65. The molecule has 3 aliphatic rings. The number of aromatic nitrogens is 2. The Kier molecular flexibility index (Phi) is 5.71. The van der Waals surface area contributed by atoms with Crippen molar-refractivity contribution in [2.45, 2.75) is 18.3 Å². The average Bonchev–Trinajstić information content (AvgIpc) is 3.74. The SMILES string of the molecule is c1ccc(-c2cc(-c3ccc4c5c(cccc35)CC4)nc(-c3cccc4c3-c3ccccc3C43c4ccccc4Oc4ccccc43)n2)cc1. The molecule has 1 aromatic heterocycles. The van der Waals surface area contributed by atoms with Crippen molar-refractivity contribution in [2.24, 2.45) is 0 Å². The quantitative estimate of drug-likeness (QED) is 0.193. The molecule has 0 unspecified atom stereocenters. The van der Waals surface area contributed by atoms with Crippen LogP contribution in [0.5, 0.6) is 11.5 Å². The smallest absolute Gasteiger partial charge is 0.161 e. The fraction of sp³-hybridized carbons (Fsp3) is 0.0638. The van der Waals surface area contributed by atoms with Gasteiger partial charge in [-0.15, -0.1) is 0 Å². The number of benzene rings is 7. The Balaban J connectivity index is 1.22. The molecule has 3 heteroatoms. The van der Waals surface area contributed by atoms with Crippen LogP contribution < -0.4 is 4.74 Å². The van der Waals surface area contributed by atoms with Gasteiger partial charge < -0.3 is 4.74 Å². The number of fused-ring (bicyclic) bond motifs is 9. The van der Waals surface area contributed by atoms with E-state index in [9.17, 15) is 0 Å². The lowest BCUT2D eigenvalue weighted by molar-refractivity contribution is 0.436. The molecule has 8 aromatic rings. The number of hydrogen-bond donors (Lipinski definition) is 0. The van der Waals surface area contributed by atoms with Crippen molar-refractivity contribution >= 4 is 10.8 Å². The van der Waals surface area contributed by atoms with E-state index in [1.54, 1.807) is 0 Å². The first-order chi connectivity index (χ1) is 24.8. The van der Waals surface area contributed by atoms with Crippen molar-refractivity contribution in [1.82, 2.24) is 9.97 Å². The Hall–Kier alpha value is -6.32. The fourth-order valence-electron chi connectivity index (χ4n) is 9.02. The van der Waals surface area contributed by atoms with Crippen LogP contribution in [-0.2, 0) is 18.3 Å². The second-order valence-corrected chi connectivity index (χ2v) is 13.6. The second-order valence-electron chi connectivity index (χ2n) is 13.6. The van der Waals surface area contributed by atoms with E-state index in [0.717, 1.165) is 69.4 Å². The van der Waals surface area contributed by atoms with Crippen LogP contribution >= 0.6 is 0 Å². The van der Waals surface area contributed by atoms with Crippen LogP contribution in [0.25, 0.3) is 55.8 Å². The van der Waals surface area contributed by atoms with Crippen LogP contribution in [-0.4, -0.2) is 9.97 Å². The van der Waals surface area contributed by atoms with Gasteiger partial charge in [0.1, 0.15) is 11.5 Å². The Morgan fingerprint density at radius 2 is 1.08 bits per heavy atom. The lowest BCUT2D eigenvalue weighted by Crippen LogP contribution is -2.32. The standard InChI is InChI=1S/C47H30N2O/c1-2-12-29(13-3-1)40-28-41(32-27-26-31-25-24-30-14-10-16-33(32)44(30)31)49-46(48-40)35-17-11-21-39-45(35)34-15-4-5-18-36(34)47(39)37-19-6-8-22-42(37)50-43-23-9-7-20-38(43)47/h1-23,26-28H,24-25H2. The molecule has 0 N–H and O–H groups in total. The highest BCUT2D eigenvalue weighted by atomic mass is 16.5. The van der Waals surface area contributed by atoms with Gasteiger partial charge in [0.05, 0.1) is 16.8 Å². The van der Waals surface area contributed by atoms with Crippen LogP contribution in [0.1, 0.15) is 33.4 Å². The number of hydrogen-bond acceptors (Lipinski definition) is 3. The van der Waals surface area contributed by atoms with Gasteiger partial charge in [-0.05, 0) is 75.2 Å². The van der Waals surface area contributed by atoms with Gasteiger partial charge in [0.2, 0.25) is 0 Å². The average molecular weight is 639 g/mol. The van der Waals surface area contributed by atoms with Gasteiger partial charge in [-0.2, -0.15) is 0 Å². The third kappa shape index (κ3) is 3.69. The zero-order valence-electron chi connectivity index (χ0n) is 27.2. The summed E-state index contributed by atoms with van der Waals surface area (Å²) in [5.74, 6) is 2.49. The zero-order chi connectivity index (χ0) is 32.8. The van der Waals surface area contributed by atoms with Crippen molar-refractivity contribution in [3.63, 3.8) is 0 Å². The van der Waals surface area contributed by atoms with Crippen molar-refractivity contribution in [3.8, 4) is 56.5 Å². The van der Waals surface area contributed by atoms with Crippen molar-refractivity contribution in [3.05, 3.63) is 191 Å². The number of para-hydroxylation sites is 2. The minimum Gasteiger partial charge on any atom is -0.457 e. The van der Waals surface area contributed by atoms with Crippen molar-refractivity contribution in [1.29, 1.82) is 0 Å². The summed E-state index contributed by atoms with van der Waals surface area (Å²) in [6, 6.07) is 56.5. The van der Waals surface area contributed by atoms with Crippen LogP contribution in [0.15, 0.2) is 158 Å². The Morgan fingerprint density at radius 3 is 1.88 bits per heavy atom. The molecule has 0 atom stereocenters. The van der Waals surface area contributed by atoms with Crippen LogP contribution in [0, 0.1) is 0 Å². The van der Waals surface area contributed by atoms with E-state index in [0.29, 0.717) is 0 Å². The molecule has 0 radical (unpaired) electrons. The summed E-state index contributed by atoms with van der Waals surface area (Å²) in [4.78, 5) is 10.8. The van der Waals surface area contributed by atoms with E-state index in [-0.39, 0.29) is 0 Å². The molecular formula is C47H30N2O. The van der Waals surface area contributed by atoms with E-state index in [1.165, 1.54) is 44.2 Å². The van der Waals surface area contributed by atoms with Gasteiger partial charge in [0, 0.05) is 27.8 Å². The summed E-state index contributed by atoms with van der Waals surface area (Å²) >= 11 is 0. The molecule has 234 valence electrons. The molecule has 2 heterocycles. The molecule has 0 saturated carbocycles. The van der Waals surface area contributed by atoms with E-state index in [4.69, 9.17) is 14.7 Å². The van der Waals surface area contributed by atoms with E-state index in [1.807, 2.05) is 0 Å². The maximum atomic E-state index is 6.57. The van der Waals surface area contributed by atoms with Crippen LogP contribution in [0.3, 0.4) is 0 Å². The molecule has 50 heavy (non-hydrogen) atoms. The van der Waals surface area contributed by atoms with E-state index >= 15 is 0 Å². The Bertz CT molecular complexity index is 2640. The number of rotatable bonds is 3. The van der Waals surface area contributed by atoms with Crippen LogP contribution in [0.2, 0.25) is 0 Å². The summed E-state index contributed by atoms with van der Waals surface area (Å²) in [5.41, 5.74) is 14.5. The topological polar surface area (TPSA) is 35.0 Å². The largest absolute Gasteiger partial charge is 0.457 e. The Labute approximate surface area is 290 Å². The van der Waals surface area contributed by atoms with Gasteiger partial charge >= 0.3 is 0 Å². The van der Waals surface area contributed by atoms with Gasteiger partial charge in [0.15, 0.2) is 5.82 Å². The van der Waals surface area contributed by atoms with E-state index in [2.05, 4.69) is 158 Å². The number of ether oxygens (including phenoxy) is 1. The van der Waals surface area contributed by atoms with Crippen molar-refractivity contribution < 1.29 is 4.74 Å². The number of aryl methyl sites for hydroxylation is 2. The molecule has 1 aliphatic heterocycles. The summed E-state index contributed by atoms with van der Waals surface area (Å²) in [7, 11) is 0. The van der Waals surface area contributed by atoms with Gasteiger partial charge in [0.25, 0.3) is 0 Å². The number of nitrogens with zero attached hydrogens (tertiary/aromatic N) is 2. The monoisotopic (exact) mass is 638 g/mol. The molecule has 0 saturated heterocycles. The minimum absolute atomic E-state index is 0.551. The predicted molar refractivity (Wildman–Crippen MR) is 201 cm³/mol. The first kappa shape index (κ1) is 27.6. The maximum Gasteiger partial charge on any atom is 0.161 e. The first-order valence-electron chi connectivity index (χ1n) is 17.4. The fourth-order valence-corrected chi connectivity index (χ4v) is 9.02. The first-order valence-corrected chi connectivity index (χ1v) is 17.4. The summed E-state index contributed by atoms with van der Waals surface area (Å²) in [6.07, 6.45) is 2.18. The minimum atomic E-state index is -0.551. The molecule has 7 aromatic carbocycles. The van der Waals surface area contributed by atoms with Gasteiger partial charge in [-0.1, -0.05) is 140 Å². The molecule has 11 rings (SSSR count).